The zero-order chi connectivity index (χ0) is 14.0. The fraction of sp³-hybridized carbons (Fsp3) is 0.429. The molecule has 0 bridgehead atoms. The molecule has 102 valence electrons. The molecule has 0 radical (unpaired) electrons. The number of hydrogen-bond acceptors (Lipinski definition) is 4. The average Bonchev–Trinajstić information content (AvgIpc) is 2.96. The number of furan rings is 1. The van der Waals surface area contributed by atoms with Crippen molar-refractivity contribution < 1.29 is 9.21 Å². The molecule has 2 aromatic rings. The largest absolute Gasteiger partial charge is 0.462 e. The molecule has 19 heavy (non-hydrogen) atoms. The van der Waals surface area contributed by atoms with E-state index in [2.05, 4.69) is 24.1 Å². The van der Waals surface area contributed by atoms with Gasteiger partial charge in [-0.1, -0.05) is 13.8 Å². The summed E-state index contributed by atoms with van der Waals surface area (Å²) in [5, 5.41) is 3.71. The maximum atomic E-state index is 12.2. The van der Waals surface area contributed by atoms with Crippen LogP contribution in [0.4, 0.5) is 0 Å². The van der Waals surface area contributed by atoms with E-state index in [1.165, 1.54) is 11.3 Å². The first-order valence-corrected chi connectivity index (χ1v) is 7.13. The van der Waals surface area contributed by atoms with Crippen LogP contribution in [0.1, 0.15) is 36.1 Å². The summed E-state index contributed by atoms with van der Waals surface area (Å²) in [5.74, 6) is 0.976. The number of amides is 1. The van der Waals surface area contributed by atoms with E-state index in [0.717, 1.165) is 9.88 Å². The predicted molar refractivity (Wildman–Crippen MR) is 76.3 cm³/mol. The monoisotopic (exact) mass is 278 g/mol. The number of aryl methyl sites for hydroxylation is 1. The van der Waals surface area contributed by atoms with Crippen molar-refractivity contribution in [3.05, 3.63) is 29.0 Å². The molecule has 0 aliphatic carbocycles. The molecule has 1 N–H and O–H groups in total. The van der Waals surface area contributed by atoms with Crippen LogP contribution in [0, 0.1) is 12.8 Å². The second kappa shape index (κ2) is 5.57. The van der Waals surface area contributed by atoms with Crippen molar-refractivity contribution in [3.63, 3.8) is 0 Å². The van der Waals surface area contributed by atoms with Crippen molar-refractivity contribution in [1.29, 1.82) is 0 Å². The number of carbonyl (C=O) groups is 1. The lowest BCUT2D eigenvalue weighted by atomic mass is 10.1. The van der Waals surface area contributed by atoms with Gasteiger partial charge < -0.3 is 9.73 Å². The highest BCUT2D eigenvalue weighted by molar-refractivity contribution is 7.15. The van der Waals surface area contributed by atoms with Crippen molar-refractivity contribution >= 4 is 17.2 Å². The molecule has 5 heteroatoms. The first-order valence-electron chi connectivity index (χ1n) is 6.31. The highest BCUT2D eigenvalue weighted by atomic mass is 32.1. The Hall–Kier alpha value is -1.62. The van der Waals surface area contributed by atoms with Gasteiger partial charge >= 0.3 is 0 Å². The fourth-order valence-corrected chi connectivity index (χ4v) is 2.43. The maximum absolute atomic E-state index is 12.2. The molecule has 2 aromatic heterocycles. The minimum atomic E-state index is -0.118. The van der Waals surface area contributed by atoms with Gasteiger partial charge in [0.15, 0.2) is 10.8 Å². The van der Waals surface area contributed by atoms with E-state index in [1.54, 1.807) is 6.26 Å². The van der Waals surface area contributed by atoms with Gasteiger partial charge in [0.25, 0.3) is 5.91 Å². The summed E-state index contributed by atoms with van der Waals surface area (Å²) in [7, 11) is 0. The standard InChI is InChI=1S/C14H18N2O2S/c1-8(2)9(3)15-13(17)12-10(4)19-14(16-12)11-6-5-7-18-11/h5-9H,1-4H3,(H,15,17). The molecule has 2 rings (SSSR count). The SMILES string of the molecule is Cc1sc(-c2ccco2)nc1C(=O)NC(C)C(C)C. The number of nitrogens with zero attached hydrogens (tertiary/aromatic N) is 1. The van der Waals surface area contributed by atoms with E-state index >= 15 is 0 Å². The summed E-state index contributed by atoms with van der Waals surface area (Å²) >= 11 is 1.47. The molecule has 0 saturated heterocycles. The number of hydrogen-bond donors (Lipinski definition) is 1. The van der Waals surface area contributed by atoms with Crippen molar-refractivity contribution in [3.8, 4) is 10.8 Å². The van der Waals surface area contributed by atoms with Gasteiger partial charge in [-0.25, -0.2) is 4.98 Å². The van der Waals surface area contributed by atoms with Gasteiger partial charge in [0.2, 0.25) is 0 Å². The van der Waals surface area contributed by atoms with Crippen molar-refractivity contribution in [2.24, 2.45) is 5.92 Å². The van der Waals surface area contributed by atoms with Gasteiger partial charge in [-0.15, -0.1) is 11.3 Å². The minimum absolute atomic E-state index is 0.118. The van der Waals surface area contributed by atoms with Crippen LogP contribution in [0.2, 0.25) is 0 Å². The van der Waals surface area contributed by atoms with Crippen LogP contribution in [0.5, 0.6) is 0 Å². The van der Waals surface area contributed by atoms with Gasteiger partial charge in [0, 0.05) is 10.9 Å². The molecular weight excluding hydrogens is 260 g/mol. The Morgan fingerprint density at radius 3 is 2.74 bits per heavy atom. The minimum Gasteiger partial charge on any atom is -0.462 e. The molecule has 0 aromatic carbocycles. The van der Waals surface area contributed by atoms with Crippen LogP contribution in [0.15, 0.2) is 22.8 Å². The fourth-order valence-electron chi connectivity index (χ4n) is 1.55. The van der Waals surface area contributed by atoms with Gasteiger partial charge in [0.05, 0.1) is 6.26 Å². The summed E-state index contributed by atoms with van der Waals surface area (Å²) < 4.78 is 5.30. The van der Waals surface area contributed by atoms with E-state index in [9.17, 15) is 4.79 Å². The van der Waals surface area contributed by atoms with E-state index in [-0.39, 0.29) is 11.9 Å². The van der Waals surface area contributed by atoms with Crippen molar-refractivity contribution in [2.45, 2.75) is 33.7 Å². The van der Waals surface area contributed by atoms with Crippen LogP contribution in [-0.4, -0.2) is 16.9 Å². The second-order valence-electron chi connectivity index (χ2n) is 4.91. The second-order valence-corrected chi connectivity index (χ2v) is 6.11. The molecule has 0 spiro atoms. The lowest BCUT2D eigenvalue weighted by Crippen LogP contribution is -2.36. The Morgan fingerprint density at radius 2 is 2.16 bits per heavy atom. The highest BCUT2D eigenvalue weighted by Gasteiger charge is 2.19. The zero-order valence-electron chi connectivity index (χ0n) is 11.6. The number of nitrogens with one attached hydrogen (secondary N) is 1. The van der Waals surface area contributed by atoms with Crippen molar-refractivity contribution in [2.75, 3.05) is 0 Å². The first kappa shape index (κ1) is 13.8. The van der Waals surface area contributed by atoms with Crippen LogP contribution < -0.4 is 5.32 Å². The number of rotatable bonds is 4. The topological polar surface area (TPSA) is 55.1 Å². The molecule has 4 nitrogen and oxygen atoms in total. The van der Waals surface area contributed by atoms with Crippen LogP contribution >= 0.6 is 11.3 Å². The summed E-state index contributed by atoms with van der Waals surface area (Å²) in [6.07, 6.45) is 1.60. The molecule has 0 fully saturated rings. The molecule has 1 unspecified atom stereocenters. The maximum Gasteiger partial charge on any atom is 0.271 e. The summed E-state index contributed by atoms with van der Waals surface area (Å²) in [6.45, 7) is 8.05. The molecule has 1 amide bonds. The Bertz CT molecular complexity index is 558. The summed E-state index contributed by atoms with van der Waals surface area (Å²) in [6, 6.07) is 3.78. The average molecular weight is 278 g/mol. The van der Waals surface area contributed by atoms with Crippen LogP contribution in [0.3, 0.4) is 0 Å². The Morgan fingerprint density at radius 1 is 1.42 bits per heavy atom. The van der Waals surface area contributed by atoms with Gasteiger partial charge in [-0.05, 0) is 31.9 Å². The molecule has 0 aliphatic heterocycles. The highest BCUT2D eigenvalue weighted by Crippen LogP contribution is 2.27. The third-order valence-corrected chi connectivity index (χ3v) is 4.09. The molecule has 1 atom stereocenters. The van der Waals surface area contributed by atoms with Crippen LogP contribution in [0.25, 0.3) is 10.8 Å². The normalized spacial score (nSPS) is 12.7. The number of thiazole rings is 1. The third-order valence-electron chi connectivity index (χ3n) is 3.10. The number of aromatic nitrogens is 1. The van der Waals surface area contributed by atoms with Crippen LogP contribution in [-0.2, 0) is 0 Å². The lowest BCUT2D eigenvalue weighted by Gasteiger charge is -2.16. The lowest BCUT2D eigenvalue weighted by molar-refractivity contribution is 0.0925. The van der Waals surface area contributed by atoms with E-state index in [4.69, 9.17) is 4.42 Å². The number of carbonyl (C=O) groups excluding carboxylic acids is 1. The molecule has 2 heterocycles. The molecule has 0 aliphatic rings. The quantitative estimate of drug-likeness (QED) is 0.931. The summed E-state index contributed by atoms with van der Waals surface area (Å²) in [4.78, 5) is 17.4. The Labute approximate surface area is 116 Å². The third kappa shape index (κ3) is 3.04. The predicted octanol–water partition coefficient (Wildman–Crippen LogP) is 3.49. The summed E-state index contributed by atoms with van der Waals surface area (Å²) in [5.41, 5.74) is 0.490. The first-order chi connectivity index (χ1) is 8.99. The van der Waals surface area contributed by atoms with E-state index in [0.29, 0.717) is 17.4 Å². The molecular formula is C14H18N2O2S. The van der Waals surface area contributed by atoms with Gasteiger partial charge in [0.1, 0.15) is 5.69 Å². The van der Waals surface area contributed by atoms with Gasteiger partial charge in [-0.2, -0.15) is 0 Å². The van der Waals surface area contributed by atoms with E-state index in [1.807, 2.05) is 26.0 Å². The van der Waals surface area contributed by atoms with Crippen molar-refractivity contribution in [1.82, 2.24) is 10.3 Å². The molecule has 0 saturated carbocycles. The van der Waals surface area contributed by atoms with Gasteiger partial charge in [-0.3, -0.25) is 4.79 Å². The van der Waals surface area contributed by atoms with E-state index < -0.39 is 0 Å². The zero-order valence-corrected chi connectivity index (χ0v) is 12.4. The Kier molecular flexibility index (Phi) is 4.04. The Balaban J connectivity index is 2.19. The smallest absolute Gasteiger partial charge is 0.271 e.